The summed E-state index contributed by atoms with van der Waals surface area (Å²) >= 11 is 0. The van der Waals surface area contributed by atoms with Gasteiger partial charge in [-0.1, -0.05) is 60.4 Å². The van der Waals surface area contributed by atoms with Crippen molar-refractivity contribution in [2.24, 2.45) is 5.92 Å². The van der Waals surface area contributed by atoms with Gasteiger partial charge in [0.25, 0.3) is 0 Å². The Morgan fingerprint density at radius 2 is 2.00 bits per heavy atom. The molecule has 1 aromatic carbocycles. The molecule has 0 saturated carbocycles. The molecule has 2 nitrogen and oxygen atoms in total. The molecule has 1 aliphatic heterocycles. The van der Waals surface area contributed by atoms with Crippen molar-refractivity contribution in [1.82, 2.24) is 0 Å². The molecule has 0 aromatic heterocycles. The lowest BCUT2D eigenvalue weighted by atomic mass is 9.93. The van der Waals surface area contributed by atoms with Gasteiger partial charge in [-0.2, -0.15) is 0 Å². The quantitative estimate of drug-likeness (QED) is 0.458. The Hall–Kier alpha value is -1.45. The predicted molar refractivity (Wildman–Crippen MR) is 90.4 cm³/mol. The summed E-state index contributed by atoms with van der Waals surface area (Å²) in [5, 5.41) is 1.41. The number of rotatable bonds is 6. The van der Waals surface area contributed by atoms with E-state index in [1.807, 2.05) is 6.08 Å². The zero-order valence-electron chi connectivity index (χ0n) is 12.9. The summed E-state index contributed by atoms with van der Waals surface area (Å²) in [6.45, 7) is 9.12. The highest BCUT2D eigenvalue weighted by Crippen LogP contribution is 2.32. The Labute approximate surface area is 128 Å². The molecule has 1 saturated heterocycles. The van der Waals surface area contributed by atoms with Gasteiger partial charge in [0, 0.05) is 12.3 Å². The van der Waals surface area contributed by atoms with E-state index >= 15 is 0 Å². The molecule has 0 unspecified atom stereocenters. The first-order valence-electron chi connectivity index (χ1n) is 7.51. The smallest absolute Gasteiger partial charge is 0.120 e. The maximum absolute atomic E-state index is 11.0. The monoisotopic (exact) mass is 300 g/mol. The highest BCUT2D eigenvalue weighted by Gasteiger charge is 2.33. The zero-order chi connectivity index (χ0) is 15.3. The third kappa shape index (κ3) is 3.80. The molecule has 0 spiro atoms. The van der Waals surface area contributed by atoms with E-state index in [0.29, 0.717) is 13.0 Å². The van der Waals surface area contributed by atoms with Crippen LogP contribution in [0.2, 0.25) is 13.1 Å². The third-order valence-electron chi connectivity index (χ3n) is 4.20. The number of hydrogen-bond donors (Lipinski definition) is 0. The Bertz CT molecular complexity index is 519. The van der Waals surface area contributed by atoms with E-state index in [1.54, 1.807) is 0 Å². The van der Waals surface area contributed by atoms with E-state index in [-0.39, 0.29) is 12.0 Å². The van der Waals surface area contributed by atoms with Gasteiger partial charge in [0.1, 0.15) is 14.4 Å². The van der Waals surface area contributed by atoms with Crippen molar-refractivity contribution < 1.29 is 9.53 Å². The average molecular weight is 300 g/mol. The number of hydrogen-bond acceptors (Lipinski definition) is 2. The van der Waals surface area contributed by atoms with Crippen molar-refractivity contribution >= 4 is 19.5 Å². The SMILES string of the molecule is C=CC[C@H]1OC/C(=C/[Si](C)(C)c2ccccc2)[C@@H]1CC=O. The average Bonchev–Trinajstić information content (AvgIpc) is 2.83. The number of carbonyl (C=O) groups excluding carboxylic acids is 1. The van der Waals surface area contributed by atoms with Gasteiger partial charge in [-0.05, 0) is 12.0 Å². The fourth-order valence-electron chi connectivity index (χ4n) is 3.03. The van der Waals surface area contributed by atoms with Crippen LogP contribution in [-0.2, 0) is 9.53 Å². The lowest BCUT2D eigenvalue weighted by Gasteiger charge is -2.22. The molecular formula is C18H24O2Si. The molecule has 0 aliphatic carbocycles. The molecule has 2 rings (SSSR count). The Kier molecular flexibility index (Phi) is 5.31. The fraction of sp³-hybridized carbons (Fsp3) is 0.389. The summed E-state index contributed by atoms with van der Waals surface area (Å²) in [7, 11) is -1.65. The highest BCUT2D eigenvalue weighted by molar-refractivity contribution is 6.94. The van der Waals surface area contributed by atoms with Crippen molar-refractivity contribution in [3.05, 3.63) is 54.3 Å². The van der Waals surface area contributed by atoms with Gasteiger partial charge in [0.05, 0.1) is 12.7 Å². The van der Waals surface area contributed by atoms with Gasteiger partial charge in [0.15, 0.2) is 0 Å². The largest absolute Gasteiger partial charge is 0.373 e. The molecule has 1 heterocycles. The first-order chi connectivity index (χ1) is 10.1. The van der Waals surface area contributed by atoms with Crippen LogP contribution in [0.3, 0.4) is 0 Å². The van der Waals surface area contributed by atoms with Crippen LogP contribution in [0.1, 0.15) is 12.8 Å². The van der Waals surface area contributed by atoms with E-state index in [1.165, 1.54) is 10.8 Å². The second-order valence-electron chi connectivity index (χ2n) is 6.19. The molecule has 0 radical (unpaired) electrons. The summed E-state index contributed by atoms with van der Waals surface area (Å²) < 4.78 is 5.88. The molecule has 0 amide bonds. The summed E-state index contributed by atoms with van der Waals surface area (Å²) in [6, 6.07) is 10.6. The van der Waals surface area contributed by atoms with Crippen LogP contribution in [0.25, 0.3) is 0 Å². The van der Waals surface area contributed by atoms with Crippen LogP contribution < -0.4 is 5.19 Å². The summed E-state index contributed by atoms with van der Waals surface area (Å²) in [5.74, 6) is 0.219. The van der Waals surface area contributed by atoms with Gasteiger partial charge in [0.2, 0.25) is 0 Å². The predicted octanol–water partition coefficient (Wildman–Crippen LogP) is 3.25. The number of ether oxygens (including phenoxy) is 1. The lowest BCUT2D eigenvalue weighted by molar-refractivity contribution is -0.108. The maximum atomic E-state index is 11.0. The zero-order valence-corrected chi connectivity index (χ0v) is 13.9. The normalized spacial score (nSPS) is 24.2. The van der Waals surface area contributed by atoms with E-state index in [4.69, 9.17) is 4.74 Å². The second kappa shape index (κ2) is 7.01. The number of aldehydes is 1. The third-order valence-corrected chi connectivity index (χ3v) is 7.12. The van der Waals surface area contributed by atoms with Gasteiger partial charge in [-0.3, -0.25) is 0 Å². The first kappa shape index (κ1) is 15.9. The molecule has 112 valence electrons. The maximum Gasteiger partial charge on any atom is 0.120 e. The minimum absolute atomic E-state index is 0.111. The van der Waals surface area contributed by atoms with Gasteiger partial charge in [-0.15, -0.1) is 6.58 Å². The summed E-state index contributed by atoms with van der Waals surface area (Å²) in [6.07, 6.45) is 4.36. The van der Waals surface area contributed by atoms with Crippen molar-refractivity contribution in [1.29, 1.82) is 0 Å². The molecule has 1 fully saturated rings. The topological polar surface area (TPSA) is 26.3 Å². The number of benzene rings is 1. The molecule has 0 bridgehead atoms. The summed E-state index contributed by atoms with van der Waals surface area (Å²) in [5.41, 5.74) is 3.72. The molecule has 21 heavy (non-hydrogen) atoms. The van der Waals surface area contributed by atoms with Gasteiger partial charge < -0.3 is 9.53 Å². The van der Waals surface area contributed by atoms with E-state index < -0.39 is 8.07 Å². The highest BCUT2D eigenvalue weighted by atomic mass is 28.3. The minimum atomic E-state index is -1.65. The van der Waals surface area contributed by atoms with E-state index in [2.05, 4.69) is 55.7 Å². The Morgan fingerprint density at radius 1 is 1.29 bits per heavy atom. The van der Waals surface area contributed by atoms with Crippen LogP contribution in [0, 0.1) is 5.92 Å². The van der Waals surface area contributed by atoms with Crippen molar-refractivity contribution in [2.75, 3.05) is 6.61 Å². The first-order valence-corrected chi connectivity index (χ1v) is 10.6. The Morgan fingerprint density at radius 3 is 2.62 bits per heavy atom. The molecule has 3 heteroatoms. The lowest BCUT2D eigenvalue weighted by Crippen LogP contribution is -2.40. The molecule has 1 aliphatic rings. The van der Waals surface area contributed by atoms with Crippen molar-refractivity contribution in [2.45, 2.75) is 32.0 Å². The molecule has 0 N–H and O–H groups in total. The van der Waals surface area contributed by atoms with Crippen LogP contribution in [-0.4, -0.2) is 27.1 Å². The van der Waals surface area contributed by atoms with Crippen LogP contribution in [0.15, 0.2) is 54.3 Å². The standard InChI is InChI=1S/C18H24O2Si/c1-4-8-18-17(11-12-19)15(13-20-18)14-21(2,3)16-9-6-5-7-10-16/h4-7,9-10,12,14,17-18H,1,8,11,13H2,2-3H3/b15-14-/t17-,18+/m0/s1. The van der Waals surface area contributed by atoms with Gasteiger partial charge in [-0.25, -0.2) is 0 Å². The molecular weight excluding hydrogens is 276 g/mol. The Balaban J connectivity index is 2.26. The summed E-state index contributed by atoms with van der Waals surface area (Å²) in [4.78, 5) is 11.0. The van der Waals surface area contributed by atoms with Gasteiger partial charge >= 0.3 is 0 Å². The van der Waals surface area contributed by atoms with E-state index in [0.717, 1.165) is 12.7 Å². The molecule has 2 atom stereocenters. The van der Waals surface area contributed by atoms with E-state index in [9.17, 15) is 4.79 Å². The minimum Gasteiger partial charge on any atom is -0.373 e. The van der Waals surface area contributed by atoms with Crippen LogP contribution in [0.4, 0.5) is 0 Å². The number of carbonyl (C=O) groups is 1. The molecule has 1 aromatic rings. The van der Waals surface area contributed by atoms with Crippen LogP contribution >= 0.6 is 0 Å². The van der Waals surface area contributed by atoms with Crippen molar-refractivity contribution in [3.8, 4) is 0 Å². The fourth-order valence-corrected chi connectivity index (χ4v) is 5.47. The van der Waals surface area contributed by atoms with Crippen molar-refractivity contribution in [3.63, 3.8) is 0 Å². The van der Waals surface area contributed by atoms with Crippen LogP contribution in [0.5, 0.6) is 0 Å². The second-order valence-corrected chi connectivity index (χ2v) is 10.5.